The van der Waals surface area contributed by atoms with Crippen molar-refractivity contribution in [2.45, 2.75) is 26.2 Å². The lowest BCUT2D eigenvalue weighted by Crippen LogP contribution is -2.29. The van der Waals surface area contributed by atoms with Crippen molar-refractivity contribution in [3.8, 4) is 5.75 Å². The molecule has 1 aliphatic heterocycles. The van der Waals surface area contributed by atoms with E-state index in [0.717, 1.165) is 22.6 Å². The SMILES string of the molecule is CCC1CCCNC1.COc1cccc2[nH]ccc12. The Bertz CT molecular complexity index is 486. The number of piperidine rings is 1. The second kappa shape index (κ2) is 7.19. The van der Waals surface area contributed by atoms with Crippen molar-refractivity contribution >= 4 is 10.9 Å². The maximum Gasteiger partial charge on any atom is 0.128 e. The van der Waals surface area contributed by atoms with Crippen LogP contribution in [-0.2, 0) is 0 Å². The van der Waals surface area contributed by atoms with E-state index in [4.69, 9.17) is 4.74 Å². The number of fused-ring (bicyclic) bond motifs is 1. The standard InChI is InChI=1S/C9H9NO.C7H15N/c1-11-9-4-2-3-8-7(9)5-6-10-8;1-2-7-4-3-5-8-6-7/h2-6,10H,1H3;7-8H,2-6H2,1H3. The van der Waals surface area contributed by atoms with Gasteiger partial charge in [-0.3, -0.25) is 0 Å². The zero-order chi connectivity index (χ0) is 13.5. The van der Waals surface area contributed by atoms with Crippen LogP contribution in [0.3, 0.4) is 0 Å². The molecule has 0 saturated carbocycles. The van der Waals surface area contributed by atoms with Crippen molar-refractivity contribution in [3.63, 3.8) is 0 Å². The summed E-state index contributed by atoms with van der Waals surface area (Å²) in [7, 11) is 1.68. The first-order valence-electron chi connectivity index (χ1n) is 7.16. The lowest BCUT2D eigenvalue weighted by Gasteiger charge is -2.20. The fraction of sp³-hybridized carbons (Fsp3) is 0.500. The number of benzene rings is 1. The Hall–Kier alpha value is -1.48. The number of H-pyrrole nitrogens is 1. The first kappa shape index (κ1) is 13.9. The van der Waals surface area contributed by atoms with Gasteiger partial charge in [-0.2, -0.15) is 0 Å². The number of nitrogens with one attached hydrogen (secondary N) is 2. The summed E-state index contributed by atoms with van der Waals surface area (Å²) in [6, 6.07) is 7.96. The molecule has 19 heavy (non-hydrogen) atoms. The third-order valence-electron chi connectivity index (χ3n) is 3.75. The predicted molar refractivity (Wildman–Crippen MR) is 80.7 cm³/mol. The molecular formula is C16H24N2O. The van der Waals surface area contributed by atoms with E-state index < -0.39 is 0 Å². The zero-order valence-electron chi connectivity index (χ0n) is 11.9. The van der Waals surface area contributed by atoms with Gasteiger partial charge in [0.25, 0.3) is 0 Å². The molecule has 1 unspecified atom stereocenters. The third-order valence-corrected chi connectivity index (χ3v) is 3.75. The van der Waals surface area contributed by atoms with E-state index in [9.17, 15) is 0 Å². The molecular weight excluding hydrogens is 236 g/mol. The predicted octanol–water partition coefficient (Wildman–Crippen LogP) is 3.57. The number of ether oxygens (including phenoxy) is 1. The molecule has 0 amide bonds. The molecule has 3 heteroatoms. The summed E-state index contributed by atoms with van der Waals surface area (Å²) in [6.07, 6.45) is 6.10. The lowest BCUT2D eigenvalue weighted by atomic mass is 9.97. The molecule has 1 fully saturated rings. The summed E-state index contributed by atoms with van der Waals surface area (Å²) in [4.78, 5) is 3.11. The monoisotopic (exact) mass is 260 g/mol. The number of hydrogen-bond acceptors (Lipinski definition) is 2. The quantitative estimate of drug-likeness (QED) is 0.866. The molecule has 104 valence electrons. The van der Waals surface area contributed by atoms with Gasteiger partial charge in [0, 0.05) is 17.1 Å². The van der Waals surface area contributed by atoms with Gasteiger partial charge in [0.2, 0.25) is 0 Å². The van der Waals surface area contributed by atoms with Crippen LogP contribution in [0.5, 0.6) is 5.75 Å². The molecule has 3 nitrogen and oxygen atoms in total. The van der Waals surface area contributed by atoms with Crippen LogP contribution in [0.4, 0.5) is 0 Å². The molecule has 0 radical (unpaired) electrons. The molecule has 2 aromatic rings. The van der Waals surface area contributed by atoms with Gasteiger partial charge in [0.05, 0.1) is 7.11 Å². The number of aromatic nitrogens is 1. The van der Waals surface area contributed by atoms with E-state index in [1.807, 2.05) is 30.5 Å². The maximum atomic E-state index is 5.17. The van der Waals surface area contributed by atoms with E-state index >= 15 is 0 Å². The summed E-state index contributed by atoms with van der Waals surface area (Å²) < 4.78 is 5.17. The Kier molecular flexibility index (Phi) is 5.28. The second-order valence-electron chi connectivity index (χ2n) is 5.02. The molecule has 0 aliphatic carbocycles. The topological polar surface area (TPSA) is 37.0 Å². The van der Waals surface area contributed by atoms with Crippen molar-refractivity contribution in [2.75, 3.05) is 20.2 Å². The van der Waals surface area contributed by atoms with Crippen LogP contribution in [0.15, 0.2) is 30.5 Å². The largest absolute Gasteiger partial charge is 0.496 e. The van der Waals surface area contributed by atoms with Gasteiger partial charge in [-0.05, 0) is 50.0 Å². The van der Waals surface area contributed by atoms with Crippen LogP contribution in [0.2, 0.25) is 0 Å². The zero-order valence-corrected chi connectivity index (χ0v) is 11.9. The number of hydrogen-bond donors (Lipinski definition) is 2. The molecule has 1 saturated heterocycles. The summed E-state index contributed by atoms with van der Waals surface area (Å²) in [5.74, 6) is 1.90. The molecule has 0 bridgehead atoms. The fourth-order valence-electron chi connectivity index (χ4n) is 2.51. The van der Waals surface area contributed by atoms with Crippen LogP contribution < -0.4 is 10.1 Å². The molecule has 1 atom stereocenters. The van der Waals surface area contributed by atoms with Crippen LogP contribution >= 0.6 is 0 Å². The highest BCUT2D eigenvalue weighted by atomic mass is 16.5. The molecule has 1 aromatic carbocycles. The van der Waals surface area contributed by atoms with Gasteiger partial charge in [-0.1, -0.05) is 19.4 Å². The minimum absolute atomic E-state index is 0.920. The van der Waals surface area contributed by atoms with Crippen LogP contribution in [0, 0.1) is 5.92 Å². The van der Waals surface area contributed by atoms with Crippen LogP contribution in [-0.4, -0.2) is 25.2 Å². The summed E-state index contributed by atoms with van der Waals surface area (Å²) >= 11 is 0. The van der Waals surface area contributed by atoms with Crippen molar-refractivity contribution in [3.05, 3.63) is 30.5 Å². The highest BCUT2D eigenvalue weighted by molar-refractivity contribution is 5.85. The van der Waals surface area contributed by atoms with Gasteiger partial charge in [-0.25, -0.2) is 0 Å². The summed E-state index contributed by atoms with van der Waals surface area (Å²) in [5, 5.41) is 4.52. The van der Waals surface area contributed by atoms with Gasteiger partial charge < -0.3 is 15.0 Å². The van der Waals surface area contributed by atoms with Gasteiger partial charge >= 0.3 is 0 Å². The third kappa shape index (κ3) is 3.74. The van der Waals surface area contributed by atoms with E-state index in [2.05, 4.69) is 17.2 Å². The van der Waals surface area contributed by atoms with Crippen molar-refractivity contribution < 1.29 is 4.74 Å². The summed E-state index contributed by atoms with van der Waals surface area (Å²) in [6.45, 7) is 4.78. The molecule has 2 N–H and O–H groups in total. The smallest absolute Gasteiger partial charge is 0.128 e. The lowest BCUT2D eigenvalue weighted by molar-refractivity contribution is 0.369. The molecule has 0 spiro atoms. The minimum atomic E-state index is 0.920. The molecule has 3 rings (SSSR count). The van der Waals surface area contributed by atoms with E-state index in [0.29, 0.717) is 0 Å². The highest BCUT2D eigenvalue weighted by Gasteiger charge is 2.08. The number of aromatic amines is 1. The average Bonchev–Trinajstić information content (AvgIpc) is 2.97. The molecule has 1 aliphatic rings. The Morgan fingerprint density at radius 2 is 2.21 bits per heavy atom. The van der Waals surface area contributed by atoms with Crippen molar-refractivity contribution in [1.29, 1.82) is 0 Å². The first-order valence-corrected chi connectivity index (χ1v) is 7.16. The fourth-order valence-corrected chi connectivity index (χ4v) is 2.51. The normalized spacial score (nSPS) is 18.7. The second-order valence-corrected chi connectivity index (χ2v) is 5.02. The van der Waals surface area contributed by atoms with Gasteiger partial charge in [0.1, 0.15) is 5.75 Å². The van der Waals surface area contributed by atoms with Crippen LogP contribution in [0.25, 0.3) is 10.9 Å². The van der Waals surface area contributed by atoms with Crippen molar-refractivity contribution in [2.24, 2.45) is 5.92 Å². The number of rotatable bonds is 2. The van der Waals surface area contributed by atoms with Crippen LogP contribution in [0.1, 0.15) is 26.2 Å². The minimum Gasteiger partial charge on any atom is -0.496 e. The Morgan fingerprint density at radius 1 is 1.32 bits per heavy atom. The maximum absolute atomic E-state index is 5.17. The number of methoxy groups -OCH3 is 1. The average molecular weight is 260 g/mol. The Morgan fingerprint density at radius 3 is 2.84 bits per heavy atom. The van der Waals surface area contributed by atoms with Gasteiger partial charge in [0.15, 0.2) is 0 Å². The summed E-state index contributed by atoms with van der Waals surface area (Å²) in [5.41, 5.74) is 1.12. The Labute approximate surface area is 115 Å². The Balaban J connectivity index is 0.000000148. The van der Waals surface area contributed by atoms with Crippen molar-refractivity contribution in [1.82, 2.24) is 10.3 Å². The highest BCUT2D eigenvalue weighted by Crippen LogP contribution is 2.23. The van der Waals surface area contributed by atoms with E-state index in [1.165, 1.54) is 32.4 Å². The first-order chi connectivity index (χ1) is 9.35. The van der Waals surface area contributed by atoms with E-state index in [-0.39, 0.29) is 0 Å². The van der Waals surface area contributed by atoms with E-state index in [1.54, 1.807) is 7.11 Å². The molecule has 1 aromatic heterocycles. The molecule has 2 heterocycles. The van der Waals surface area contributed by atoms with Gasteiger partial charge in [-0.15, -0.1) is 0 Å².